The van der Waals surface area contributed by atoms with E-state index in [0.717, 1.165) is 0 Å². The van der Waals surface area contributed by atoms with E-state index in [2.05, 4.69) is 15.3 Å². The van der Waals surface area contributed by atoms with Crippen molar-refractivity contribution >= 4 is 29.0 Å². The number of nitro groups is 1. The van der Waals surface area contributed by atoms with Crippen LogP contribution in [0.2, 0.25) is 0 Å². The minimum atomic E-state index is -0.500. The zero-order valence-electron chi connectivity index (χ0n) is 14.8. The van der Waals surface area contributed by atoms with Crippen LogP contribution in [0.25, 0.3) is 0 Å². The number of nitrogens with zero attached hydrogens (tertiary/aromatic N) is 4. The molecule has 10 heteroatoms. The molecule has 0 aliphatic carbocycles. The van der Waals surface area contributed by atoms with Gasteiger partial charge in [-0.15, -0.1) is 0 Å². The molecule has 1 aliphatic rings. The molecule has 1 aliphatic heterocycles. The molecule has 2 heterocycles. The maximum Gasteiger partial charge on any atom is 0.353 e. The van der Waals surface area contributed by atoms with Crippen LogP contribution >= 0.6 is 0 Å². The molecule has 27 heavy (non-hydrogen) atoms. The van der Waals surface area contributed by atoms with E-state index in [4.69, 9.17) is 9.47 Å². The lowest BCUT2D eigenvalue weighted by molar-refractivity contribution is -0.383. The molecule has 0 saturated carbocycles. The van der Waals surface area contributed by atoms with Gasteiger partial charge in [0.2, 0.25) is 11.6 Å². The Morgan fingerprint density at radius 1 is 1.30 bits per heavy atom. The lowest BCUT2D eigenvalue weighted by Crippen LogP contribution is -2.37. The lowest BCUT2D eigenvalue weighted by Gasteiger charge is -2.27. The van der Waals surface area contributed by atoms with Crippen molar-refractivity contribution in [1.29, 1.82) is 0 Å². The number of aromatic nitrogens is 2. The number of hydrogen-bond acceptors (Lipinski definition) is 9. The first-order valence-electron chi connectivity index (χ1n) is 8.46. The van der Waals surface area contributed by atoms with Crippen molar-refractivity contribution in [3.63, 3.8) is 0 Å². The van der Waals surface area contributed by atoms with Crippen molar-refractivity contribution in [2.45, 2.75) is 6.92 Å². The Morgan fingerprint density at radius 3 is 2.63 bits per heavy atom. The van der Waals surface area contributed by atoms with Crippen molar-refractivity contribution in [2.24, 2.45) is 0 Å². The molecule has 0 amide bonds. The topological polar surface area (TPSA) is 120 Å². The van der Waals surface area contributed by atoms with Gasteiger partial charge in [0.05, 0.1) is 30.3 Å². The van der Waals surface area contributed by atoms with Gasteiger partial charge in [-0.05, 0) is 31.2 Å². The average Bonchev–Trinajstić information content (AvgIpc) is 2.69. The van der Waals surface area contributed by atoms with E-state index in [-0.39, 0.29) is 23.9 Å². The van der Waals surface area contributed by atoms with Gasteiger partial charge in [0, 0.05) is 18.8 Å². The van der Waals surface area contributed by atoms with Crippen LogP contribution < -0.4 is 10.2 Å². The number of nitrogens with one attached hydrogen (secondary N) is 1. The molecular weight excluding hydrogens is 354 g/mol. The molecule has 2 aromatic rings. The predicted molar refractivity (Wildman–Crippen MR) is 97.4 cm³/mol. The summed E-state index contributed by atoms with van der Waals surface area (Å²) in [4.78, 5) is 32.8. The summed E-state index contributed by atoms with van der Waals surface area (Å²) in [6.07, 6.45) is 1.28. The standard InChI is InChI=1S/C17H19N5O5/c1-2-27-17(23)12-3-5-13(6-4-12)20-15-14(22(24)25)16(19-11-18-15)21-7-9-26-10-8-21/h3-6,11H,2,7-10H2,1H3,(H,18,19,20). The first-order valence-corrected chi connectivity index (χ1v) is 8.46. The highest BCUT2D eigenvalue weighted by Gasteiger charge is 2.28. The molecule has 3 rings (SSSR count). The Kier molecular flexibility index (Phi) is 5.77. The van der Waals surface area contributed by atoms with Gasteiger partial charge in [0.15, 0.2) is 0 Å². The molecule has 0 bridgehead atoms. The fourth-order valence-corrected chi connectivity index (χ4v) is 2.68. The van der Waals surface area contributed by atoms with E-state index in [1.165, 1.54) is 6.33 Å². The van der Waals surface area contributed by atoms with E-state index in [9.17, 15) is 14.9 Å². The van der Waals surface area contributed by atoms with Gasteiger partial charge >= 0.3 is 11.7 Å². The molecule has 1 fully saturated rings. The van der Waals surface area contributed by atoms with Crippen LogP contribution in [0.1, 0.15) is 17.3 Å². The molecular formula is C17H19N5O5. The molecule has 1 saturated heterocycles. The third-order valence-electron chi connectivity index (χ3n) is 3.95. The molecule has 0 spiro atoms. The summed E-state index contributed by atoms with van der Waals surface area (Å²) in [7, 11) is 0. The number of rotatable bonds is 6. The van der Waals surface area contributed by atoms with Crippen LogP contribution in [0, 0.1) is 10.1 Å². The Labute approximate surface area is 155 Å². The molecule has 0 unspecified atom stereocenters. The highest BCUT2D eigenvalue weighted by atomic mass is 16.6. The summed E-state index contributed by atoms with van der Waals surface area (Å²) in [5.74, 6) is -0.0870. The summed E-state index contributed by atoms with van der Waals surface area (Å²) >= 11 is 0. The number of esters is 1. The first kappa shape index (κ1) is 18.5. The fourth-order valence-electron chi connectivity index (χ4n) is 2.68. The summed E-state index contributed by atoms with van der Waals surface area (Å²) in [6.45, 7) is 4.03. The highest BCUT2D eigenvalue weighted by molar-refractivity contribution is 5.90. The lowest BCUT2D eigenvalue weighted by atomic mass is 10.2. The van der Waals surface area contributed by atoms with Crippen LogP contribution in [0.4, 0.5) is 23.0 Å². The number of morpholine rings is 1. The van der Waals surface area contributed by atoms with Crippen LogP contribution in [0.3, 0.4) is 0 Å². The molecule has 1 N–H and O–H groups in total. The number of hydrogen-bond donors (Lipinski definition) is 1. The Balaban J connectivity index is 1.86. The van der Waals surface area contributed by atoms with Gasteiger partial charge in [-0.2, -0.15) is 0 Å². The average molecular weight is 373 g/mol. The Bertz CT molecular complexity index is 821. The summed E-state index contributed by atoms with van der Waals surface area (Å²) < 4.78 is 10.2. The van der Waals surface area contributed by atoms with Gasteiger partial charge in [-0.3, -0.25) is 10.1 Å². The van der Waals surface area contributed by atoms with Crippen molar-refractivity contribution < 1.29 is 19.2 Å². The Hall–Kier alpha value is -3.27. The van der Waals surface area contributed by atoms with Crippen molar-refractivity contribution in [3.8, 4) is 0 Å². The second kappa shape index (κ2) is 8.41. The highest BCUT2D eigenvalue weighted by Crippen LogP contribution is 2.33. The SMILES string of the molecule is CCOC(=O)c1ccc(Nc2ncnc(N3CCOCC3)c2[N+](=O)[O-])cc1. The van der Waals surface area contributed by atoms with Crippen LogP contribution in [0.15, 0.2) is 30.6 Å². The number of carbonyl (C=O) groups is 1. The van der Waals surface area contributed by atoms with E-state index < -0.39 is 10.9 Å². The third-order valence-corrected chi connectivity index (χ3v) is 3.95. The van der Waals surface area contributed by atoms with Crippen LogP contribution in [-0.2, 0) is 9.47 Å². The third kappa shape index (κ3) is 4.29. The first-order chi connectivity index (χ1) is 13.1. The van der Waals surface area contributed by atoms with Crippen LogP contribution in [-0.4, -0.2) is 53.8 Å². The molecule has 10 nitrogen and oxygen atoms in total. The largest absolute Gasteiger partial charge is 0.462 e. The van der Waals surface area contributed by atoms with Gasteiger partial charge in [0.25, 0.3) is 0 Å². The van der Waals surface area contributed by atoms with Crippen molar-refractivity contribution in [3.05, 3.63) is 46.3 Å². The number of benzene rings is 1. The summed E-state index contributed by atoms with van der Waals surface area (Å²) in [5.41, 5.74) is 0.750. The smallest absolute Gasteiger partial charge is 0.353 e. The van der Waals surface area contributed by atoms with Gasteiger partial charge in [-0.1, -0.05) is 0 Å². The molecule has 1 aromatic heterocycles. The fraction of sp³-hybridized carbons (Fsp3) is 0.353. The number of anilines is 3. The second-order valence-corrected chi connectivity index (χ2v) is 5.67. The molecule has 142 valence electrons. The maximum atomic E-state index is 11.7. The van der Waals surface area contributed by atoms with Crippen molar-refractivity contribution in [2.75, 3.05) is 43.1 Å². The number of carbonyl (C=O) groups excluding carboxylic acids is 1. The normalized spacial score (nSPS) is 13.9. The second-order valence-electron chi connectivity index (χ2n) is 5.67. The van der Waals surface area contributed by atoms with Gasteiger partial charge in [-0.25, -0.2) is 14.8 Å². The summed E-state index contributed by atoms with van der Waals surface area (Å²) in [5, 5.41) is 14.6. The molecule has 0 atom stereocenters. The molecule has 0 radical (unpaired) electrons. The zero-order chi connectivity index (χ0) is 19.2. The zero-order valence-corrected chi connectivity index (χ0v) is 14.8. The van der Waals surface area contributed by atoms with Gasteiger partial charge < -0.3 is 19.7 Å². The van der Waals surface area contributed by atoms with E-state index >= 15 is 0 Å². The minimum Gasteiger partial charge on any atom is -0.462 e. The van der Waals surface area contributed by atoms with Gasteiger partial charge in [0.1, 0.15) is 6.33 Å². The summed E-state index contributed by atoms with van der Waals surface area (Å²) in [6, 6.07) is 6.42. The molecule has 1 aromatic carbocycles. The monoisotopic (exact) mass is 373 g/mol. The van der Waals surface area contributed by atoms with E-state index in [1.807, 2.05) is 0 Å². The quantitative estimate of drug-likeness (QED) is 0.461. The minimum absolute atomic E-state index is 0.0837. The van der Waals surface area contributed by atoms with E-state index in [0.29, 0.717) is 37.6 Å². The van der Waals surface area contributed by atoms with Crippen molar-refractivity contribution in [1.82, 2.24) is 9.97 Å². The predicted octanol–water partition coefficient (Wildman–Crippen LogP) is 2.14. The number of ether oxygens (including phenoxy) is 2. The van der Waals surface area contributed by atoms with Crippen LogP contribution in [0.5, 0.6) is 0 Å². The maximum absolute atomic E-state index is 11.7. The van der Waals surface area contributed by atoms with E-state index in [1.54, 1.807) is 36.1 Å². The Morgan fingerprint density at radius 2 is 2.00 bits per heavy atom.